The van der Waals surface area contributed by atoms with Gasteiger partial charge in [0.1, 0.15) is 23.2 Å². The van der Waals surface area contributed by atoms with Gasteiger partial charge in [-0.1, -0.05) is 6.58 Å². The Morgan fingerprint density at radius 2 is 1.95 bits per heavy atom. The molecular weight excluding hydrogens is 568 g/mol. The SMILES string of the molecule is C=CC(=O)N1CCN(C2CN3c4cc(N5CCC6(CC5)OC(COC)Cn5ncc(C)c56)nc(C(F)F)c4CCCC23)CC1. The Morgan fingerprint density at radius 3 is 2.66 bits per heavy atom. The molecule has 2 aromatic rings. The number of fused-ring (bicyclic) bond motifs is 5. The Labute approximate surface area is 257 Å². The molecule has 1 spiro atoms. The molecule has 0 aliphatic carbocycles. The smallest absolute Gasteiger partial charge is 0.280 e. The fraction of sp³-hybridized carbons (Fsp3) is 0.656. The van der Waals surface area contributed by atoms with E-state index in [0.717, 1.165) is 62.3 Å². The monoisotopic (exact) mass is 611 g/mol. The minimum atomic E-state index is -2.63. The van der Waals surface area contributed by atoms with Crippen LogP contribution >= 0.6 is 0 Å². The second-order valence-corrected chi connectivity index (χ2v) is 12.9. The van der Waals surface area contributed by atoms with Crippen LogP contribution in [0.1, 0.15) is 54.6 Å². The average molecular weight is 612 g/mol. The van der Waals surface area contributed by atoms with Crippen LogP contribution in [-0.4, -0.2) is 108 Å². The summed E-state index contributed by atoms with van der Waals surface area (Å²) in [5.74, 6) is 0.612. The van der Waals surface area contributed by atoms with Crippen molar-refractivity contribution in [3.05, 3.63) is 47.4 Å². The van der Waals surface area contributed by atoms with Crippen molar-refractivity contribution >= 4 is 17.4 Å². The zero-order chi connectivity index (χ0) is 30.6. The van der Waals surface area contributed by atoms with Crippen molar-refractivity contribution in [3.63, 3.8) is 0 Å². The van der Waals surface area contributed by atoms with Crippen LogP contribution in [0.4, 0.5) is 20.3 Å². The first-order chi connectivity index (χ1) is 21.3. The van der Waals surface area contributed by atoms with Crippen molar-refractivity contribution in [2.24, 2.45) is 0 Å². The summed E-state index contributed by atoms with van der Waals surface area (Å²) in [7, 11) is 1.68. The Kier molecular flexibility index (Phi) is 7.86. The fourth-order valence-electron chi connectivity index (χ4n) is 8.36. The van der Waals surface area contributed by atoms with Gasteiger partial charge in [-0.25, -0.2) is 13.8 Å². The first-order valence-electron chi connectivity index (χ1n) is 16.0. The minimum Gasteiger partial charge on any atom is -0.382 e. The lowest BCUT2D eigenvalue weighted by Gasteiger charge is -2.55. The summed E-state index contributed by atoms with van der Waals surface area (Å²) in [5.41, 5.74) is 3.32. The van der Waals surface area contributed by atoms with Gasteiger partial charge in [-0.3, -0.25) is 14.4 Å². The van der Waals surface area contributed by atoms with E-state index in [9.17, 15) is 13.6 Å². The van der Waals surface area contributed by atoms with Crippen LogP contribution in [0.25, 0.3) is 0 Å². The third kappa shape index (κ3) is 4.99. The summed E-state index contributed by atoms with van der Waals surface area (Å²) in [4.78, 5) is 25.5. The normalized spacial score (nSPS) is 26.6. The Bertz CT molecular complexity index is 1400. The van der Waals surface area contributed by atoms with E-state index in [-0.39, 0.29) is 23.7 Å². The molecule has 7 rings (SSSR count). The summed E-state index contributed by atoms with van der Waals surface area (Å²) < 4.78 is 43.3. The number of piperazine rings is 1. The quantitative estimate of drug-likeness (QED) is 0.461. The van der Waals surface area contributed by atoms with Gasteiger partial charge in [0.2, 0.25) is 5.91 Å². The number of amides is 1. The summed E-state index contributed by atoms with van der Waals surface area (Å²) in [6, 6.07) is 2.71. The summed E-state index contributed by atoms with van der Waals surface area (Å²) in [6.07, 6.45) is 4.45. The molecule has 0 bridgehead atoms. The molecule has 1 amide bonds. The second-order valence-electron chi connectivity index (χ2n) is 12.9. The molecule has 3 unspecified atom stereocenters. The number of ether oxygens (including phenoxy) is 2. The maximum absolute atomic E-state index is 14.6. The van der Waals surface area contributed by atoms with Crippen LogP contribution in [-0.2, 0) is 32.8 Å². The van der Waals surface area contributed by atoms with E-state index in [0.29, 0.717) is 63.2 Å². The van der Waals surface area contributed by atoms with E-state index in [1.807, 2.05) is 11.1 Å². The van der Waals surface area contributed by atoms with Crippen molar-refractivity contribution in [1.82, 2.24) is 24.6 Å². The number of anilines is 2. The molecule has 12 heteroatoms. The van der Waals surface area contributed by atoms with Gasteiger partial charge in [-0.2, -0.15) is 5.10 Å². The number of carbonyl (C=O) groups is 1. The highest BCUT2D eigenvalue weighted by molar-refractivity contribution is 5.87. The minimum absolute atomic E-state index is 0.0166. The van der Waals surface area contributed by atoms with Crippen molar-refractivity contribution in [1.29, 1.82) is 0 Å². The maximum Gasteiger partial charge on any atom is 0.280 e. The first-order valence-corrected chi connectivity index (χ1v) is 16.0. The molecule has 7 heterocycles. The van der Waals surface area contributed by atoms with Crippen molar-refractivity contribution < 1.29 is 23.0 Å². The van der Waals surface area contributed by atoms with Crippen LogP contribution in [0, 0.1) is 6.92 Å². The van der Waals surface area contributed by atoms with Crippen LogP contribution in [0.15, 0.2) is 24.9 Å². The molecule has 3 saturated heterocycles. The zero-order valence-electron chi connectivity index (χ0n) is 25.8. The van der Waals surface area contributed by atoms with Gasteiger partial charge in [0.15, 0.2) is 0 Å². The highest BCUT2D eigenvalue weighted by atomic mass is 19.3. The summed E-state index contributed by atoms with van der Waals surface area (Å²) >= 11 is 0. The molecule has 3 fully saturated rings. The van der Waals surface area contributed by atoms with Crippen LogP contribution in [0.2, 0.25) is 0 Å². The highest BCUT2D eigenvalue weighted by Gasteiger charge is 2.48. The number of nitrogens with zero attached hydrogens (tertiary/aromatic N) is 7. The topological polar surface area (TPSA) is 79.2 Å². The van der Waals surface area contributed by atoms with E-state index in [1.54, 1.807) is 7.11 Å². The summed E-state index contributed by atoms with van der Waals surface area (Å²) in [5, 5.41) is 4.62. The van der Waals surface area contributed by atoms with Gasteiger partial charge in [-0.15, -0.1) is 0 Å². The number of aromatic nitrogens is 3. The maximum atomic E-state index is 14.6. The van der Waals surface area contributed by atoms with E-state index >= 15 is 0 Å². The van der Waals surface area contributed by atoms with E-state index < -0.39 is 12.0 Å². The Balaban J connectivity index is 1.11. The van der Waals surface area contributed by atoms with Crippen LogP contribution < -0.4 is 9.80 Å². The van der Waals surface area contributed by atoms with Gasteiger partial charge in [0.05, 0.1) is 25.0 Å². The number of piperidine rings is 1. The average Bonchev–Trinajstić information content (AvgIpc) is 3.33. The number of aryl methyl sites for hydroxylation is 1. The fourth-order valence-corrected chi connectivity index (χ4v) is 8.36. The Morgan fingerprint density at radius 1 is 1.18 bits per heavy atom. The van der Waals surface area contributed by atoms with Crippen molar-refractivity contribution in [2.45, 2.75) is 75.8 Å². The lowest BCUT2D eigenvalue weighted by molar-refractivity contribution is -0.159. The van der Waals surface area contributed by atoms with Gasteiger partial charge in [-0.05, 0) is 50.7 Å². The Hall–Kier alpha value is -3.09. The molecule has 238 valence electrons. The van der Waals surface area contributed by atoms with Crippen LogP contribution in [0.3, 0.4) is 0 Å². The molecule has 5 aliphatic heterocycles. The molecule has 0 N–H and O–H groups in total. The molecule has 5 aliphatic rings. The second kappa shape index (κ2) is 11.7. The van der Waals surface area contributed by atoms with Gasteiger partial charge < -0.3 is 24.2 Å². The zero-order valence-corrected chi connectivity index (χ0v) is 25.8. The van der Waals surface area contributed by atoms with E-state index in [4.69, 9.17) is 9.47 Å². The van der Waals surface area contributed by atoms with Crippen molar-refractivity contribution in [2.75, 3.05) is 69.3 Å². The number of rotatable bonds is 6. The van der Waals surface area contributed by atoms with Crippen LogP contribution in [0.5, 0.6) is 0 Å². The van der Waals surface area contributed by atoms with E-state index in [2.05, 4.69) is 49.0 Å². The first kappa shape index (κ1) is 29.6. The van der Waals surface area contributed by atoms with Gasteiger partial charge >= 0.3 is 0 Å². The molecular formula is C32H43F2N7O3. The molecule has 10 nitrogen and oxygen atoms in total. The molecule has 0 aromatic carbocycles. The van der Waals surface area contributed by atoms with Gasteiger partial charge in [0.25, 0.3) is 6.43 Å². The molecule has 0 radical (unpaired) electrons. The number of carbonyl (C=O) groups excluding carboxylic acids is 1. The highest BCUT2D eigenvalue weighted by Crippen LogP contribution is 2.46. The lowest BCUT2D eigenvalue weighted by atomic mass is 9.84. The number of methoxy groups -OCH3 is 1. The standard InChI is InChI=1S/C32H43F2N7O3/c1-4-28(42)39-14-12-37(13-15-39)26-19-40-24(26)7-5-6-23-25(40)16-27(36-29(23)31(33)34)38-10-8-32(9-11-38)30-21(2)17-35-41(30)18-22(44-32)20-43-3/h4,16-17,22,24,26,31H,1,5-15,18-20H2,2-3H3. The van der Waals surface area contributed by atoms with Crippen molar-refractivity contribution in [3.8, 4) is 0 Å². The largest absolute Gasteiger partial charge is 0.382 e. The molecule has 3 atom stereocenters. The third-order valence-electron chi connectivity index (χ3n) is 10.5. The molecule has 2 aromatic heterocycles. The predicted octanol–water partition coefficient (Wildman–Crippen LogP) is 3.29. The lowest BCUT2D eigenvalue weighted by Crippen LogP contribution is -2.69. The molecule has 44 heavy (non-hydrogen) atoms. The number of pyridine rings is 1. The third-order valence-corrected chi connectivity index (χ3v) is 10.5. The number of hydrogen-bond acceptors (Lipinski definition) is 8. The number of halogens is 2. The predicted molar refractivity (Wildman–Crippen MR) is 162 cm³/mol. The molecule has 0 saturated carbocycles. The van der Waals surface area contributed by atoms with Gasteiger partial charge in [0, 0.05) is 82.3 Å². The summed E-state index contributed by atoms with van der Waals surface area (Å²) in [6.45, 7) is 12.0. The van der Waals surface area contributed by atoms with E-state index in [1.165, 1.54) is 6.08 Å². The number of hydrogen-bond donors (Lipinski definition) is 0. The number of alkyl halides is 2.